The number of rotatable bonds is 6. The molecule has 0 radical (unpaired) electrons. The molecule has 7 nitrogen and oxygen atoms in total. The van der Waals surface area contributed by atoms with Crippen molar-refractivity contribution in [1.29, 1.82) is 0 Å². The van der Waals surface area contributed by atoms with E-state index in [-0.39, 0.29) is 11.2 Å². The number of hydrogen-bond donors (Lipinski definition) is 0. The molecule has 0 saturated carbocycles. The second-order valence-corrected chi connectivity index (χ2v) is 6.19. The number of hydrogen-bond acceptors (Lipinski definition) is 7. The minimum absolute atomic E-state index is 0.218. The van der Waals surface area contributed by atoms with E-state index in [9.17, 15) is 4.79 Å². The summed E-state index contributed by atoms with van der Waals surface area (Å²) in [5, 5.41) is 13.3. The average molecular weight is 343 g/mol. The topological polar surface area (TPSA) is 82.3 Å². The van der Waals surface area contributed by atoms with Crippen molar-refractivity contribution < 1.29 is 9.53 Å². The minimum atomic E-state index is -0.282. The van der Waals surface area contributed by atoms with Crippen molar-refractivity contribution in [2.24, 2.45) is 0 Å². The maximum atomic E-state index is 12.0. The van der Waals surface area contributed by atoms with E-state index < -0.39 is 0 Å². The lowest BCUT2D eigenvalue weighted by Gasteiger charge is -2.12. The maximum Gasteiger partial charge on any atom is 0.319 e. The van der Waals surface area contributed by atoms with Crippen LogP contribution in [0.2, 0.25) is 0 Å². The zero-order valence-corrected chi connectivity index (χ0v) is 14.2. The maximum absolute atomic E-state index is 12.0. The molecular weight excluding hydrogens is 326 g/mol. The fraction of sp³-hybridized carbons (Fsp3) is 0.312. The van der Waals surface area contributed by atoms with Gasteiger partial charge in [-0.1, -0.05) is 18.7 Å². The predicted molar refractivity (Wildman–Crippen MR) is 90.6 cm³/mol. The number of carbonyl (C=O) groups excluding carboxylic acids is 1. The molecule has 3 heterocycles. The summed E-state index contributed by atoms with van der Waals surface area (Å²) in [4.78, 5) is 16.0. The van der Waals surface area contributed by atoms with Crippen LogP contribution in [0.4, 0.5) is 0 Å². The van der Waals surface area contributed by atoms with Crippen LogP contribution in [0, 0.1) is 0 Å². The van der Waals surface area contributed by atoms with Crippen LogP contribution < -0.4 is 0 Å². The summed E-state index contributed by atoms with van der Waals surface area (Å²) >= 11 is 1.38. The molecule has 0 bridgehead atoms. The lowest BCUT2D eigenvalue weighted by molar-refractivity contribution is -0.142. The summed E-state index contributed by atoms with van der Waals surface area (Å²) in [5.74, 6) is 0.420. The molecule has 1 atom stereocenters. The molecule has 0 aromatic carbocycles. The average Bonchev–Trinajstić information content (AvgIpc) is 3.03. The van der Waals surface area contributed by atoms with E-state index in [2.05, 4.69) is 20.3 Å². The zero-order valence-electron chi connectivity index (χ0n) is 13.4. The Labute approximate surface area is 143 Å². The summed E-state index contributed by atoms with van der Waals surface area (Å²) in [6, 6.07) is 7.38. The Bertz CT molecular complexity index is 837. The largest absolute Gasteiger partial charge is 0.465 e. The van der Waals surface area contributed by atoms with Crippen LogP contribution in [0.25, 0.3) is 17.0 Å². The van der Waals surface area contributed by atoms with E-state index in [1.54, 1.807) is 23.8 Å². The third-order valence-corrected chi connectivity index (χ3v) is 4.63. The van der Waals surface area contributed by atoms with Crippen molar-refractivity contribution in [3.63, 3.8) is 0 Å². The number of thioether (sulfide) groups is 1. The van der Waals surface area contributed by atoms with Gasteiger partial charge < -0.3 is 4.74 Å². The van der Waals surface area contributed by atoms with Crippen molar-refractivity contribution in [3.05, 3.63) is 36.7 Å². The van der Waals surface area contributed by atoms with Gasteiger partial charge in [-0.15, -0.1) is 10.2 Å². The Balaban J connectivity index is 1.92. The van der Waals surface area contributed by atoms with E-state index in [0.717, 1.165) is 10.6 Å². The summed E-state index contributed by atoms with van der Waals surface area (Å²) in [6.45, 7) is 4.13. The number of carbonyl (C=O) groups is 1. The molecule has 0 N–H and O–H groups in total. The van der Waals surface area contributed by atoms with Gasteiger partial charge in [0, 0.05) is 18.0 Å². The molecule has 0 amide bonds. The summed E-state index contributed by atoms with van der Waals surface area (Å²) in [5.41, 5.74) is 1.53. The molecule has 24 heavy (non-hydrogen) atoms. The molecule has 0 fully saturated rings. The van der Waals surface area contributed by atoms with Gasteiger partial charge in [-0.2, -0.15) is 9.61 Å². The van der Waals surface area contributed by atoms with Gasteiger partial charge in [-0.05, 0) is 37.6 Å². The molecule has 0 aliphatic carbocycles. The second-order valence-electron chi connectivity index (χ2n) is 4.97. The third kappa shape index (κ3) is 3.38. The van der Waals surface area contributed by atoms with Gasteiger partial charge in [-0.25, -0.2) is 0 Å². The highest BCUT2D eigenvalue weighted by molar-refractivity contribution is 8.00. The Hall–Kier alpha value is -2.48. The molecule has 0 aliphatic rings. The van der Waals surface area contributed by atoms with E-state index in [1.807, 2.05) is 31.2 Å². The number of esters is 1. The number of aromatic nitrogens is 5. The third-order valence-electron chi connectivity index (χ3n) is 3.36. The van der Waals surface area contributed by atoms with Crippen LogP contribution in [0.5, 0.6) is 0 Å². The fourth-order valence-corrected chi connectivity index (χ4v) is 3.09. The number of ether oxygens (including phenoxy) is 1. The van der Waals surface area contributed by atoms with Gasteiger partial charge in [0.25, 0.3) is 0 Å². The summed E-state index contributed by atoms with van der Waals surface area (Å²) in [6.07, 6.45) is 4.06. The molecule has 3 aromatic heterocycles. The molecule has 3 aromatic rings. The number of pyridine rings is 1. The van der Waals surface area contributed by atoms with E-state index in [0.29, 0.717) is 24.5 Å². The van der Waals surface area contributed by atoms with Crippen molar-refractivity contribution in [2.45, 2.75) is 30.5 Å². The highest BCUT2D eigenvalue weighted by atomic mass is 32.2. The fourth-order valence-electron chi connectivity index (χ4n) is 2.19. The normalized spacial score (nSPS) is 12.2. The molecule has 8 heteroatoms. The Morgan fingerprint density at radius 1 is 1.21 bits per heavy atom. The number of nitrogens with zero attached hydrogens (tertiary/aromatic N) is 5. The summed E-state index contributed by atoms with van der Waals surface area (Å²) in [7, 11) is 0. The van der Waals surface area contributed by atoms with Crippen molar-refractivity contribution in [1.82, 2.24) is 24.8 Å². The van der Waals surface area contributed by atoms with E-state index >= 15 is 0 Å². The zero-order chi connectivity index (χ0) is 16.9. The lowest BCUT2D eigenvalue weighted by atomic mass is 10.2. The van der Waals surface area contributed by atoms with Gasteiger partial charge in [0.05, 0.1) is 6.61 Å². The second kappa shape index (κ2) is 7.39. The first-order valence-corrected chi connectivity index (χ1v) is 8.57. The molecule has 0 saturated heterocycles. The van der Waals surface area contributed by atoms with Gasteiger partial charge in [-0.3, -0.25) is 9.78 Å². The van der Waals surface area contributed by atoms with E-state index in [4.69, 9.17) is 4.74 Å². The molecular formula is C16H17N5O2S. The quantitative estimate of drug-likeness (QED) is 0.502. The Morgan fingerprint density at radius 3 is 2.71 bits per heavy atom. The standard InChI is InChI=1S/C16H17N5O2S/c1-3-12(16(22)23-4-2)24-14-6-5-13-18-19-15(21(13)20-14)11-7-9-17-10-8-11/h5-10,12H,3-4H2,1-2H3/t12-/m0/s1. The number of fused-ring (bicyclic) bond motifs is 1. The van der Waals surface area contributed by atoms with E-state index in [1.165, 1.54) is 11.8 Å². The van der Waals surface area contributed by atoms with Gasteiger partial charge in [0.2, 0.25) is 0 Å². The molecule has 0 aliphatic heterocycles. The van der Waals surface area contributed by atoms with Crippen LogP contribution in [-0.2, 0) is 9.53 Å². The van der Waals surface area contributed by atoms with Crippen molar-refractivity contribution >= 4 is 23.4 Å². The van der Waals surface area contributed by atoms with Crippen molar-refractivity contribution in [3.8, 4) is 11.4 Å². The predicted octanol–water partition coefficient (Wildman–Crippen LogP) is 2.62. The van der Waals surface area contributed by atoms with Crippen LogP contribution in [0.15, 0.2) is 41.7 Å². The molecule has 0 spiro atoms. The van der Waals surface area contributed by atoms with Gasteiger partial charge in [0.1, 0.15) is 10.3 Å². The van der Waals surface area contributed by atoms with Crippen LogP contribution >= 0.6 is 11.8 Å². The Morgan fingerprint density at radius 2 is 2.00 bits per heavy atom. The Kier molecular flexibility index (Phi) is 5.05. The summed E-state index contributed by atoms with van der Waals surface area (Å²) < 4.78 is 6.78. The molecule has 3 rings (SSSR count). The first kappa shape index (κ1) is 16.4. The lowest BCUT2D eigenvalue weighted by Crippen LogP contribution is -2.19. The first-order valence-electron chi connectivity index (χ1n) is 7.69. The highest BCUT2D eigenvalue weighted by Gasteiger charge is 2.20. The first-order chi connectivity index (χ1) is 11.7. The van der Waals surface area contributed by atoms with Crippen LogP contribution in [-0.4, -0.2) is 42.6 Å². The molecule has 0 unspecified atom stereocenters. The minimum Gasteiger partial charge on any atom is -0.465 e. The van der Waals surface area contributed by atoms with Gasteiger partial charge in [0.15, 0.2) is 11.5 Å². The monoisotopic (exact) mass is 343 g/mol. The molecule has 124 valence electrons. The SMILES string of the molecule is CCOC(=O)[C@H](CC)Sc1ccc2nnc(-c3ccncc3)n2n1. The van der Waals surface area contributed by atoms with Crippen LogP contribution in [0.1, 0.15) is 20.3 Å². The smallest absolute Gasteiger partial charge is 0.319 e. The van der Waals surface area contributed by atoms with Gasteiger partial charge >= 0.3 is 5.97 Å². The van der Waals surface area contributed by atoms with Crippen molar-refractivity contribution in [2.75, 3.05) is 6.61 Å². The highest BCUT2D eigenvalue weighted by Crippen LogP contribution is 2.26. The van der Waals surface area contributed by atoms with Crippen LogP contribution in [0.3, 0.4) is 0 Å².